The van der Waals surface area contributed by atoms with Gasteiger partial charge < -0.3 is 15.5 Å². The highest BCUT2D eigenvalue weighted by atomic mass is 19.1. The molecular weight excluding hydrogens is 476 g/mol. The zero-order valence-electron chi connectivity index (χ0n) is 21.8. The molecule has 3 fully saturated rings. The van der Waals surface area contributed by atoms with E-state index in [1.807, 2.05) is 19.9 Å². The van der Waals surface area contributed by atoms with E-state index < -0.39 is 45.9 Å². The number of aliphatic hydroxyl groups excluding tert-OH is 1. The third-order valence-electron chi connectivity index (χ3n) is 10.4. The number of amides is 1. The molecule has 5 rings (SSSR count). The SMILES string of the molecule is CC1CC2C3CCC4=CC(=O)C=CC4(C)C3(F)C(O)CC2(C)C1(O)C(=O)NCCCc1cccc(F)c1. The summed E-state index contributed by atoms with van der Waals surface area (Å²) in [5.74, 6) is -2.24. The minimum Gasteiger partial charge on any atom is -0.390 e. The Kier molecular flexibility index (Phi) is 6.27. The van der Waals surface area contributed by atoms with Crippen LogP contribution in [0.2, 0.25) is 0 Å². The van der Waals surface area contributed by atoms with Crippen LogP contribution in [-0.2, 0) is 16.0 Å². The molecule has 8 atom stereocenters. The molecule has 4 aliphatic carbocycles. The van der Waals surface area contributed by atoms with Crippen molar-refractivity contribution in [2.24, 2.45) is 28.6 Å². The van der Waals surface area contributed by atoms with E-state index in [0.29, 0.717) is 44.2 Å². The lowest BCUT2D eigenvalue weighted by Crippen LogP contribution is -2.70. The number of alkyl halides is 1. The molecular formula is C30H37F2NO4. The van der Waals surface area contributed by atoms with E-state index in [9.17, 15) is 24.2 Å². The molecule has 5 nitrogen and oxygen atoms in total. The van der Waals surface area contributed by atoms with Crippen LogP contribution in [0.1, 0.15) is 58.4 Å². The van der Waals surface area contributed by atoms with E-state index in [4.69, 9.17) is 0 Å². The van der Waals surface area contributed by atoms with Crippen LogP contribution < -0.4 is 5.32 Å². The molecule has 0 spiro atoms. The van der Waals surface area contributed by atoms with Gasteiger partial charge in [-0.2, -0.15) is 0 Å². The number of benzene rings is 1. The summed E-state index contributed by atoms with van der Waals surface area (Å²) in [5.41, 5.74) is -4.32. The Morgan fingerprint density at radius 3 is 2.73 bits per heavy atom. The van der Waals surface area contributed by atoms with Gasteiger partial charge >= 0.3 is 0 Å². The van der Waals surface area contributed by atoms with Crippen LogP contribution in [0.25, 0.3) is 0 Å². The first-order valence-electron chi connectivity index (χ1n) is 13.4. The number of ketones is 1. The predicted molar refractivity (Wildman–Crippen MR) is 136 cm³/mol. The Morgan fingerprint density at radius 2 is 2.00 bits per heavy atom. The van der Waals surface area contributed by atoms with Crippen molar-refractivity contribution in [2.75, 3.05) is 6.54 Å². The van der Waals surface area contributed by atoms with Gasteiger partial charge in [-0.05, 0) is 87.1 Å². The molecule has 7 heteroatoms. The third kappa shape index (κ3) is 3.60. The molecule has 37 heavy (non-hydrogen) atoms. The van der Waals surface area contributed by atoms with Gasteiger partial charge in [-0.1, -0.05) is 37.6 Å². The van der Waals surface area contributed by atoms with Crippen molar-refractivity contribution in [3.8, 4) is 0 Å². The van der Waals surface area contributed by atoms with Crippen molar-refractivity contribution >= 4 is 11.7 Å². The minimum atomic E-state index is -2.00. The number of allylic oxidation sites excluding steroid dienone is 4. The van der Waals surface area contributed by atoms with Crippen molar-refractivity contribution in [1.29, 1.82) is 0 Å². The molecule has 0 aromatic heterocycles. The number of hydrogen-bond donors (Lipinski definition) is 3. The smallest absolute Gasteiger partial charge is 0.252 e. The average molecular weight is 514 g/mol. The third-order valence-corrected chi connectivity index (χ3v) is 10.4. The number of nitrogens with one attached hydrogen (secondary N) is 1. The van der Waals surface area contributed by atoms with Gasteiger partial charge in [0.2, 0.25) is 0 Å². The Labute approximate surface area is 217 Å². The van der Waals surface area contributed by atoms with E-state index in [1.165, 1.54) is 24.3 Å². The first-order chi connectivity index (χ1) is 17.4. The van der Waals surface area contributed by atoms with Gasteiger partial charge in [0.25, 0.3) is 5.91 Å². The highest BCUT2D eigenvalue weighted by molar-refractivity contribution is 6.01. The molecule has 1 aromatic carbocycles. The quantitative estimate of drug-likeness (QED) is 0.515. The fraction of sp³-hybridized carbons (Fsp3) is 0.600. The van der Waals surface area contributed by atoms with Crippen LogP contribution in [-0.4, -0.2) is 45.8 Å². The van der Waals surface area contributed by atoms with Crippen molar-refractivity contribution in [3.05, 3.63) is 59.4 Å². The Balaban J connectivity index is 1.36. The highest BCUT2D eigenvalue weighted by Gasteiger charge is 2.75. The fourth-order valence-corrected chi connectivity index (χ4v) is 8.35. The topological polar surface area (TPSA) is 86.6 Å². The van der Waals surface area contributed by atoms with Gasteiger partial charge in [0.1, 0.15) is 5.82 Å². The van der Waals surface area contributed by atoms with Crippen molar-refractivity contribution in [1.82, 2.24) is 5.32 Å². The molecule has 8 unspecified atom stereocenters. The van der Waals surface area contributed by atoms with E-state index in [1.54, 1.807) is 19.1 Å². The first-order valence-corrected chi connectivity index (χ1v) is 13.4. The maximum absolute atomic E-state index is 17.2. The lowest BCUT2D eigenvalue weighted by Gasteiger charge is -2.62. The number of halogens is 2. The monoisotopic (exact) mass is 513 g/mol. The van der Waals surface area contributed by atoms with Crippen molar-refractivity contribution in [2.45, 2.75) is 76.7 Å². The summed E-state index contributed by atoms with van der Waals surface area (Å²) >= 11 is 0. The van der Waals surface area contributed by atoms with E-state index in [2.05, 4.69) is 5.32 Å². The molecule has 200 valence electrons. The molecule has 0 radical (unpaired) electrons. The summed E-state index contributed by atoms with van der Waals surface area (Å²) in [6, 6.07) is 6.34. The van der Waals surface area contributed by atoms with Gasteiger partial charge in [-0.15, -0.1) is 0 Å². The lowest BCUT2D eigenvalue weighted by molar-refractivity contribution is -0.219. The van der Waals surface area contributed by atoms with Crippen molar-refractivity contribution < 1.29 is 28.6 Å². The predicted octanol–water partition coefficient (Wildman–Crippen LogP) is 4.22. The number of carbonyl (C=O) groups excluding carboxylic acids is 2. The molecule has 0 heterocycles. The largest absolute Gasteiger partial charge is 0.390 e. The van der Waals surface area contributed by atoms with Crippen molar-refractivity contribution in [3.63, 3.8) is 0 Å². The summed E-state index contributed by atoms with van der Waals surface area (Å²) < 4.78 is 30.7. The first kappa shape index (κ1) is 26.2. The zero-order chi connectivity index (χ0) is 26.8. The van der Waals surface area contributed by atoms with Crippen LogP contribution in [0.15, 0.2) is 48.1 Å². The molecule has 1 amide bonds. The number of fused-ring (bicyclic) bond motifs is 5. The number of hydrogen-bond acceptors (Lipinski definition) is 4. The van der Waals surface area contributed by atoms with Gasteiger partial charge in [0, 0.05) is 23.3 Å². The van der Waals surface area contributed by atoms with Gasteiger partial charge in [0.15, 0.2) is 17.1 Å². The standard InChI is InChI=1S/C30H37F2NO4/c1-18-14-24-23-10-9-20-16-22(34)11-12-27(20,2)29(23,32)25(35)17-28(24,3)30(18,37)26(36)33-13-5-7-19-6-4-8-21(31)15-19/h4,6,8,11-12,15-16,18,23-25,35,37H,5,7,9-10,13-14,17H2,1-3H3,(H,33,36). The van der Waals surface area contributed by atoms with Gasteiger partial charge in [-0.25, -0.2) is 8.78 Å². The number of rotatable bonds is 5. The van der Waals surface area contributed by atoms with Crippen LogP contribution >= 0.6 is 0 Å². The van der Waals surface area contributed by atoms with Crippen LogP contribution in [0.3, 0.4) is 0 Å². The van der Waals surface area contributed by atoms with Crippen LogP contribution in [0.4, 0.5) is 8.78 Å². The molecule has 3 N–H and O–H groups in total. The number of carbonyl (C=O) groups is 2. The zero-order valence-corrected chi connectivity index (χ0v) is 21.8. The molecule has 3 saturated carbocycles. The minimum absolute atomic E-state index is 0.0487. The van der Waals surface area contributed by atoms with E-state index in [0.717, 1.165) is 5.56 Å². The fourth-order valence-electron chi connectivity index (χ4n) is 8.35. The summed E-state index contributed by atoms with van der Waals surface area (Å²) in [4.78, 5) is 25.5. The summed E-state index contributed by atoms with van der Waals surface area (Å²) in [6.45, 7) is 5.73. The molecule has 0 bridgehead atoms. The molecule has 0 saturated heterocycles. The van der Waals surface area contributed by atoms with Crippen LogP contribution in [0, 0.1) is 34.4 Å². The van der Waals surface area contributed by atoms with E-state index in [-0.39, 0.29) is 23.9 Å². The number of aliphatic hydroxyl groups is 2. The maximum atomic E-state index is 17.2. The second-order valence-electron chi connectivity index (χ2n) is 12.2. The summed E-state index contributed by atoms with van der Waals surface area (Å²) in [5, 5.41) is 26.3. The highest BCUT2D eigenvalue weighted by Crippen LogP contribution is 2.70. The maximum Gasteiger partial charge on any atom is 0.252 e. The average Bonchev–Trinajstić information content (AvgIpc) is 3.04. The van der Waals surface area contributed by atoms with E-state index >= 15 is 4.39 Å². The Morgan fingerprint density at radius 1 is 1.24 bits per heavy atom. The summed E-state index contributed by atoms with van der Waals surface area (Å²) in [7, 11) is 0. The second-order valence-corrected chi connectivity index (χ2v) is 12.2. The molecule has 4 aliphatic rings. The summed E-state index contributed by atoms with van der Waals surface area (Å²) in [6.07, 6.45) is 5.69. The van der Waals surface area contributed by atoms with Crippen LogP contribution in [0.5, 0.6) is 0 Å². The molecule has 1 aromatic rings. The van der Waals surface area contributed by atoms with Gasteiger partial charge in [-0.3, -0.25) is 9.59 Å². The normalized spacial score (nSPS) is 42.5. The number of aryl methyl sites for hydroxylation is 1. The second kappa shape index (κ2) is 8.84. The lowest BCUT2D eigenvalue weighted by atomic mass is 9.44. The Hall–Kier alpha value is -2.38. The van der Waals surface area contributed by atoms with Gasteiger partial charge in [0.05, 0.1) is 6.10 Å². The Bertz CT molecular complexity index is 1180. The molecule has 0 aliphatic heterocycles.